The van der Waals surface area contributed by atoms with Crippen LogP contribution in [-0.4, -0.2) is 34.9 Å². The van der Waals surface area contributed by atoms with E-state index in [-0.39, 0.29) is 12.5 Å². The molecule has 4 heteroatoms. The van der Waals surface area contributed by atoms with Gasteiger partial charge in [-0.1, -0.05) is 140 Å². The van der Waals surface area contributed by atoms with Crippen LogP contribution < -0.4 is 5.32 Å². The van der Waals surface area contributed by atoms with Crippen LogP contribution >= 0.6 is 0 Å². The molecule has 0 radical (unpaired) electrons. The van der Waals surface area contributed by atoms with Crippen molar-refractivity contribution in [3.05, 3.63) is 36.5 Å². The molecular weight excluding hydrogens is 470 g/mol. The molecule has 0 aliphatic rings. The van der Waals surface area contributed by atoms with Crippen molar-refractivity contribution >= 4 is 5.91 Å². The Bertz CT molecular complexity index is 584. The SMILES string of the molecule is CCCCCCCCC/C=C/CC/C=C/CC/C=C/C(O)C(CO)NC(=O)CCCCCCCCCCC. The van der Waals surface area contributed by atoms with Gasteiger partial charge in [-0.2, -0.15) is 0 Å². The van der Waals surface area contributed by atoms with Crippen LogP contribution in [0.25, 0.3) is 0 Å². The van der Waals surface area contributed by atoms with Gasteiger partial charge in [-0.3, -0.25) is 4.79 Å². The Balaban J connectivity index is 3.75. The van der Waals surface area contributed by atoms with Crippen LogP contribution in [0.5, 0.6) is 0 Å². The number of hydrogen-bond donors (Lipinski definition) is 3. The van der Waals surface area contributed by atoms with Gasteiger partial charge in [0.25, 0.3) is 0 Å². The van der Waals surface area contributed by atoms with E-state index in [0.29, 0.717) is 6.42 Å². The fraction of sp³-hybridized carbons (Fsp3) is 0.794. The largest absolute Gasteiger partial charge is 0.394 e. The molecule has 0 aliphatic heterocycles. The lowest BCUT2D eigenvalue weighted by molar-refractivity contribution is -0.123. The smallest absolute Gasteiger partial charge is 0.220 e. The predicted molar refractivity (Wildman–Crippen MR) is 165 cm³/mol. The minimum Gasteiger partial charge on any atom is -0.394 e. The number of carbonyl (C=O) groups is 1. The molecule has 0 spiro atoms. The van der Waals surface area contributed by atoms with Crippen molar-refractivity contribution in [2.75, 3.05) is 6.61 Å². The lowest BCUT2D eigenvalue weighted by Crippen LogP contribution is -2.45. The molecule has 2 atom stereocenters. The molecule has 3 N–H and O–H groups in total. The summed E-state index contributed by atoms with van der Waals surface area (Å²) in [5, 5.41) is 22.7. The summed E-state index contributed by atoms with van der Waals surface area (Å²) in [5.74, 6) is -0.0844. The second-order valence-corrected chi connectivity index (χ2v) is 10.9. The molecule has 222 valence electrons. The van der Waals surface area contributed by atoms with Crippen molar-refractivity contribution in [2.24, 2.45) is 0 Å². The molecule has 0 heterocycles. The summed E-state index contributed by atoms with van der Waals surface area (Å²) in [4.78, 5) is 12.2. The van der Waals surface area contributed by atoms with Crippen molar-refractivity contribution in [1.29, 1.82) is 0 Å². The van der Waals surface area contributed by atoms with Gasteiger partial charge in [0.05, 0.1) is 18.8 Å². The predicted octanol–water partition coefficient (Wildman–Crippen LogP) is 9.12. The van der Waals surface area contributed by atoms with Gasteiger partial charge >= 0.3 is 0 Å². The highest BCUT2D eigenvalue weighted by molar-refractivity contribution is 5.76. The maximum Gasteiger partial charge on any atom is 0.220 e. The molecule has 1 amide bonds. The van der Waals surface area contributed by atoms with Gasteiger partial charge < -0.3 is 15.5 Å². The zero-order valence-electron chi connectivity index (χ0n) is 25.2. The maximum atomic E-state index is 12.2. The molecule has 0 aromatic heterocycles. The van der Waals surface area contributed by atoms with Gasteiger partial charge in [0.15, 0.2) is 0 Å². The van der Waals surface area contributed by atoms with Crippen molar-refractivity contribution in [3.8, 4) is 0 Å². The van der Waals surface area contributed by atoms with Crippen LogP contribution in [0.2, 0.25) is 0 Å². The Labute approximate surface area is 236 Å². The molecule has 0 aromatic rings. The van der Waals surface area contributed by atoms with Crippen molar-refractivity contribution in [2.45, 2.75) is 167 Å². The molecule has 0 aliphatic carbocycles. The number of nitrogens with one attached hydrogen (secondary N) is 1. The van der Waals surface area contributed by atoms with Crippen LogP contribution in [0, 0.1) is 0 Å². The number of carbonyl (C=O) groups excluding carboxylic acids is 1. The van der Waals surface area contributed by atoms with E-state index in [1.165, 1.54) is 96.3 Å². The fourth-order valence-electron chi connectivity index (χ4n) is 4.56. The highest BCUT2D eigenvalue weighted by Crippen LogP contribution is 2.11. The average molecular weight is 534 g/mol. The van der Waals surface area contributed by atoms with Crippen molar-refractivity contribution in [1.82, 2.24) is 5.32 Å². The Kier molecular flexibility index (Phi) is 29.1. The molecule has 0 fully saturated rings. The summed E-state index contributed by atoms with van der Waals surface area (Å²) in [7, 11) is 0. The molecule has 0 aromatic carbocycles. The minimum absolute atomic E-state index is 0.0844. The minimum atomic E-state index is -0.863. The summed E-state index contributed by atoms with van der Waals surface area (Å²) in [6.07, 6.45) is 37.9. The molecule has 4 nitrogen and oxygen atoms in total. The maximum absolute atomic E-state index is 12.2. The highest BCUT2D eigenvalue weighted by atomic mass is 16.3. The molecule has 0 saturated carbocycles. The van der Waals surface area contributed by atoms with E-state index in [0.717, 1.165) is 38.5 Å². The summed E-state index contributed by atoms with van der Waals surface area (Å²) >= 11 is 0. The fourth-order valence-corrected chi connectivity index (χ4v) is 4.56. The normalized spacial score (nSPS) is 13.7. The summed E-state index contributed by atoms with van der Waals surface area (Å²) in [5.41, 5.74) is 0. The van der Waals surface area contributed by atoms with Crippen LogP contribution in [0.3, 0.4) is 0 Å². The van der Waals surface area contributed by atoms with E-state index in [1.54, 1.807) is 6.08 Å². The summed E-state index contributed by atoms with van der Waals surface area (Å²) in [6, 6.07) is -0.638. The molecule has 0 saturated heterocycles. The van der Waals surface area contributed by atoms with Gasteiger partial charge in [0.1, 0.15) is 0 Å². The van der Waals surface area contributed by atoms with E-state index in [9.17, 15) is 15.0 Å². The van der Waals surface area contributed by atoms with Gasteiger partial charge in [0.2, 0.25) is 5.91 Å². The molecule has 0 rings (SSSR count). The van der Waals surface area contributed by atoms with Gasteiger partial charge in [-0.05, 0) is 44.9 Å². The van der Waals surface area contributed by atoms with Gasteiger partial charge in [-0.25, -0.2) is 0 Å². The third kappa shape index (κ3) is 26.2. The van der Waals surface area contributed by atoms with Crippen LogP contribution in [0.15, 0.2) is 36.5 Å². The Morgan fingerprint density at radius 3 is 1.53 bits per heavy atom. The molecular formula is C34H63NO3. The monoisotopic (exact) mass is 533 g/mol. The van der Waals surface area contributed by atoms with Gasteiger partial charge in [-0.15, -0.1) is 0 Å². The zero-order valence-corrected chi connectivity index (χ0v) is 25.2. The first-order chi connectivity index (χ1) is 18.7. The Morgan fingerprint density at radius 2 is 1.03 bits per heavy atom. The number of unbranched alkanes of at least 4 members (excludes halogenated alkanes) is 17. The standard InChI is InChI=1S/C34H63NO3/c1-3-5-7-9-11-13-14-15-16-17-18-19-20-22-23-25-27-29-33(37)32(31-36)35-34(38)30-28-26-24-21-12-10-8-6-4-2/h16-17,20,22,27,29,32-33,36-37H,3-15,18-19,21,23-26,28,30-31H2,1-2H3,(H,35,38)/b17-16+,22-20+,29-27+. The summed E-state index contributed by atoms with van der Waals surface area (Å²) in [6.45, 7) is 4.24. The third-order valence-corrected chi connectivity index (χ3v) is 7.10. The number of aliphatic hydroxyl groups is 2. The number of rotatable bonds is 28. The lowest BCUT2D eigenvalue weighted by Gasteiger charge is -2.19. The van der Waals surface area contributed by atoms with E-state index < -0.39 is 12.1 Å². The molecule has 0 bridgehead atoms. The highest BCUT2D eigenvalue weighted by Gasteiger charge is 2.17. The Hall–Kier alpha value is -1.39. The van der Waals surface area contributed by atoms with Crippen molar-refractivity contribution in [3.63, 3.8) is 0 Å². The molecule has 38 heavy (non-hydrogen) atoms. The van der Waals surface area contributed by atoms with E-state index >= 15 is 0 Å². The average Bonchev–Trinajstić information content (AvgIpc) is 2.92. The number of allylic oxidation sites excluding steroid dienone is 5. The van der Waals surface area contributed by atoms with E-state index in [4.69, 9.17) is 0 Å². The van der Waals surface area contributed by atoms with E-state index in [1.807, 2.05) is 6.08 Å². The second-order valence-electron chi connectivity index (χ2n) is 10.9. The number of aliphatic hydroxyl groups excluding tert-OH is 2. The van der Waals surface area contributed by atoms with Crippen LogP contribution in [0.1, 0.15) is 155 Å². The first-order valence-electron chi connectivity index (χ1n) is 16.2. The van der Waals surface area contributed by atoms with E-state index in [2.05, 4.69) is 43.5 Å². The third-order valence-electron chi connectivity index (χ3n) is 7.10. The first-order valence-corrected chi connectivity index (χ1v) is 16.2. The first kappa shape index (κ1) is 36.6. The second kappa shape index (κ2) is 30.2. The lowest BCUT2D eigenvalue weighted by atomic mass is 10.1. The van der Waals surface area contributed by atoms with Crippen molar-refractivity contribution < 1.29 is 15.0 Å². The van der Waals surface area contributed by atoms with Crippen LogP contribution in [0.4, 0.5) is 0 Å². The quantitative estimate of drug-likeness (QED) is 0.0693. The molecule has 2 unspecified atom stereocenters. The zero-order chi connectivity index (χ0) is 27.9. The van der Waals surface area contributed by atoms with Crippen LogP contribution in [-0.2, 0) is 4.79 Å². The summed E-state index contributed by atoms with van der Waals surface area (Å²) < 4.78 is 0. The number of hydrogen-bond acceptors (Lipinski definition) is 3. The number of amides is 1. The topological polar surface area (TPSA) is 69.6 Å². The van der Waals surface area contributed by atoms with Gasteiger partial charge in [0, 0.05) is 6.42 Å². The Morgan fingerprint density at radius 1 is 0.605 bits per heavy atom.